The highest BCUT2D eigenvalue weighted by molar-refractivity contribution is 5.84. The highest BCUT2D eigenvalue weighted by atomic mass is 15.1. The molecule has 1 fully saturated rings. The first-order valence-electron chi connectivity index (χ1n) is 5.82. The maximum absolute atomic E-state index is 7.27. The van der Waals surface area contributed by atoms with E-state index < -0.39 is 0 Å². The van der Waals surface area contributed by atoms with Gasteiger partial charge >= 0.3 is 5.66 Å². The van der Waals surface area contributed by atoms with Gasteiger partial charge in [0.1, 0.15) is 0 Å². The summed E-state index contributed by atoms with van der Waals surface area (Å²) in [6, 6.07) is 8.16. The normalized spacial score (nSPS) is 17.1. The van der Waals surface area contributed by atoms with Gasteiger partial charge in [0.25, 0.3) is 0 Å². The number of nitrogens with zero attached hydrogens (tertiary/aromatic N) is 2. The summed E-state index contributed by atoms with van der Waals surface area (Å²) in [6.45, 7) is 7.27. The SMILES string of the molecule is [C-]#[N+]C1(Nc2ccc3ccncc3c2)CCC1. The highest BCUT2D eigenvalue weighted by Crippen LogP contribution is 2.36. The molecule has 1 heterocycles. The van der Waals surface area contributed by atoms with Gasteiger partial charge in [0.05, 0.1) is 0 Å². The van der Waals surface area contributed by atoms with Crippen LogP contribution in [0.4, 0.5) is 5.69 Å². The molecule has 0 spiro atoms. The van der Waals surface area contributed by atoms with Gasteiger partial charge in [0, 0.05) is 36.3 Å². The molecule has 3 rings (SSSR count). The van der Waals surface area contributed by atoms with Gasteiger partial charge in [-0.3, -0.25) is 9.83 Å². The maximum atomic E-state index is 7.27. The summed E-state index contributed by atoms with van der Waals surface area (Å²) in [6.07, 6.45) is 6.68. The summed E-state index contributed by atoms with van der Waals surface area (Å²) in [5.74, 6) is 0. The molecule has 3 nitrogen and oxygen atoms in total. The summed E-state index contributed by atoms with van der Waals surface area (Å²) in [5, 5.41) is 5.64. The molecule has 0 radical (unpaired) electrons. The van der Waals surface area contributed by atoms with Crippen LogP contribution in [-0.4, -0.2) is 10.6 Å². The Morgan fingerprint density at radius 1 is 1.24 bits per heavy atom. The van der Waals surface area contributed by atoms with Gasteiger partial charge in [-0.05, 0) is 30.0 Å². The lowest BCUT2D eigenvalue weighted by molar-refractivity contribution is 0.343. The lowest BCUT2D eigenvalue weighted by Gasteiger charge is -2.31. The van der Waals surface area contributed by atoms with E-state index in [0.29, 0.717) is 0 Å². The van der Waals surface area contributed by atoms with Gasteiger partial charge in [-0.25, -0.2) is 6.57 Å². The minimum absolute atomic E-state index is 0.351. The Morgan fingerprint density at radius 2 is 2.12 bits per heavy atom. The van der Waals surface area contributed by atoms with Crippen molar-refractivity contribution in [2.45, 2.75) is 24.9 Å². The molecule has 0 atom stereocenters. The maximum Gasteiger partial charge on any atom is 0.305 e. The smallest absolute Gasteiger partial charge is 0.305 e. The van der Waals surface area contributed by atoms with Crippen LogP contribution in [0.3, 0.4) is 0 Å². The number of nitrogens with one attached hydrogen (secondary N) is 1. The topological polar surface area (TPSA) is 29.3 Å². The number of benzene rings is 1. The molecular formula is C14H13N3. The number of rotatable bonds is 2. The molecule has 1 saturated carbocycles. The number of aromatic nitrogens is 1. The third-order valence-corrected chi connectivity index (χ3v) is 3.41. The van der Waals surface area contributed by atoms with E-state index in [-0.39, 0.29) is 5.66 Å². The Balaban J connectivity index is 1.94. The van der Waals surface area contributed by atoms with Crippen LogP contribution in [0.1, 0.15) is 19.3 Å². The first kappa shape index (κ1) is 10.1. The molecule has 84 valence electrons. The first-order valence-corrected chi connectivity index (χ1v) is 5.82. The van der Waals surface area contributed by atoms with Crippen LogP contribution < -0.4 is 5.32 Å². The number of hydrogen-bond acceptors (Lipinski definition) is 2. The molecule has 17 heavy (non-hydrogen) atoms. The fourth-order valence-electron chi connectivity index (χ4n) is 2.21. The fourth-order valence-corrected chi connectivity index (χ4v) is 2.21. The lowest BCUT2D eigenvalue weighted by Crippen LogP contribution is -2.41. The van der Waals surface area contributed by atoms with Crippen molar-refractivity contribution < 1.29 is 0 Å². The van der Waals surface area contributed by atoms with Crippen LogP contribution >= 0.6 is 0 Å². The van der Waals surface area contributed by atoms with Crippen molar-refractivity contribution >= 4 is 16.5 Å². The Hall–Kier alpha value is -2.08. The van der Waals surface area contributed by atoms with Crippen molar-refractivity contribution in [3.05, 3.63) is 48.1 Å². The second kappa shape index (κ2) is 3.74. The van der Waals surface area contributed by atoms with E-state index in [2.05, 4.69) is 27.3 Å². The molecule has 0 saturated heterocycles. The molecule has 0 amide bonds. The Kier molecular flexibility index (Phi) is 2.22. The largest absolute Gasteiger partial charge is 0.314 e. The number of fused-ring (bicyclic) bond motifs is 1. The molecule has 0 aliphatic heterocycles. The molecule has 2 aromatic rings. The summed E-state index contributed by atoms with van der Waals surface area (Å²) in [5.41, 5.74) is 0.664. The molecule has 1 aromatic heterocycles. The summed E-state index contributed by atoms with van der Waals surface area (Å²) in [4.78, 5) is 7.84. The zero-order chi connectivity index (χ0) is 11.7. The van der Waals surface area contributed by atoms with Gasteiger partial charge in [0.2, 0.25) is 0 Å². The van der Waals surface area contributed by atoms with Crippen LogP contribution in [0, 0.1) is 6.57 Å². The predicted molar refractivity (Wildman–Crippen MR) is 68.5 cm³/mol. The molecule has 0 unspecified atom stereocenters. The third-order valence-electron chi connectivity index (χ3n) is 3.41. The first-order chi connectivity index (χ1) is 8.31. The Bertz CT molecular complexity index is 594. The van der Waals surface area contributed by atoms with Crippen LogP contribution in [0.5, 0.6) is 0 Å². The number of hydrogen-bond donors (Lipinski definition) is 1. The molecular weight excluding hydrogens is 210 g/mol. The van der Waals surface area contributed by atoms with Crippen LogP contribution in [0.2, 0.25) is 0 Å². The quantitative estimate of drug-likeness (QED) is 0.790. The lowest BCUT2D eigenvalue weighted by atomic mass is 9.85. The number of pyridine rings is 1. The third kappa shape index (κ3) is 1.72. The monoisotopic (exact) mass is 223 g/mol. The zero-order valence-electron chi connectivity index (χ0n) is 9.48. The molecule has 1 aliphatic rings. The average molecular weight is 223 g/mol. The molecule has 1 aromatic carbocycles. The van der Waals surface area contributed by atoms with Crippen molar-refractivity contribution in [1.82, 2.24) is 4.98 Å². The van der Waals surface area contributed by atoms with E-state index in [9.17, 15) is 0 Å². The number of anilines is 1. The van der Waals surface area contributed by atoms with Crippen molar-refractivity contribution in [2.75, 3.05) is 5.32 Å². The van der Waals surface area contributed by atoms with Crippen molar-refractivity contribution in [2.24, 2.45) is 0 Å². The van der Waals surface area contributed by atoms with Crippen molar-refractivity contribution in [3.8, 4) is 0 Å². The predicted octanol–water partition coefficient (Wildman–Crippen LogP) is 3.45. The minimum Gasteiger partial charge on any atom is -0.314 e. The Morgan fingerprint density at radius 3 is 2.82 bits per heavy atom. The summed E-state index contributed by atoms with van der Waals surface area (Å²) >= 11 is 0. The molecule has 1 N–H and O–H groups in total. The van der Waals surface area contributed by atoms with E-state index in [1.165, 1.54) is 5.39 Å². The van der Waals surface area contributed by atoms with Gasteiger partial charge in [-0.1, -0.05) is 6.07 Å². The van der Waals surface area contributed by atoms with Gasteiger partial charge < -0.3 is 5.32 Å². The second-order valence-electron chi connectivity index (χ2n) is 4.56. The van der Waals surface area contributed by atoms with E-state index in [0.717, 1.165) is 30.3 Å². The van der Waals surface area contributed by atoms with E-state index >= 15 is 0 Å². The van der Waals surface area contributed by atoms with Crippen molar-refractivity contribution in [3.63, 3.8) is 0 Å². The minimum atomic E-state index is -0.351. The van der Waals surface area contributed by atoms with E-state index in [1.807, 2.05) is 18.3 Å². The second-order valence-corrected chi connectivity index (χ2v) is 4.56. The fraction of sp³-hybridized carbons (Fsp3) is 0.286. The van der Waals surface area contributed by atoms with E-state index in [1.54, 1.807) is 6.20 Å². The summed E-state index contributed by atoms with van der Waals surface area (Å²) in [7, 11) is 0. The van der Waals surface area contributed by atoms with E-state index in [4.69, 9.17) is 6.57 Å². The van der Waals surface area contributed by atoms with Crippen LogP contribution in [0.15, 0.2) is 36.7 Å². The van der Waals surface area contributed by atoms with Gasteiger partial charge in [0.15, 0.2) is 0 Å². The van der Waals surface area contributed by atoms with Crippen LogP contribution in [0.25, 0.3) is 15.6 Å². The average Bonchev–Trinajstić information content (AvgIpc) is 2.34. The van der Waals surface area contributed by atoms with Crippen LogP contribution in [-0.2, 0) is 0 Å². The van der Waals surface area contributed by atoms with Gasteiger partial charge in [-0.2, -0.15) is 0 Å². The van der Waals surface area contributed by atoms with Crippen molar-refractivity contribution in [1.29, 1.82) is 0 Å². The standard InChI is InChI=1S/C14H13N3/c1-15-14(6-2-7-14)17-13-4-3-11-5-8-16-10-12(11)9-13/h3-5,8-10,17H,2,6-7H2. The molecule has 1 aliphatic carbocycles. The zero-order valence-corrected chi connectivity index (χ0v) is 9.48. The Labute approximate surface area is 100 Å². The molecule has 3 heteroatoms. The highest BCUT2D eigenvalue weighted by Gasteiger charge is 2.43. The molecule has 0 bridgehead atoms. The van der Waals surface area contributed by atoms with Gasteiger partial charge in [-0.15, -0.1) is 0 Å². The summed E-state index contributed by atoms with van der Waals surface area (Å²) < 4.78 is 0.